The number of nitrogens with one attached hydrogen (secondary N) is 2. The summed E-state index contributed by atoms with van der Waals surface area (Å²) in [5.74, 6) is 1.08. The third-order valence-corrected chi connectivity index (χ3v) is 5.44. The molecule has 0 aliphatic carbocycles. The van der Waals surface area contributed by atoms with Gasteiger partial charge >= 0.3 is 6.09 Å². The van der Waals surface area contributed by atoms with Gasteiger partial charge in [0.25, 0.3) is 0 Å². The van der Waals surface area contributed by atoms with E-state index >= 15 is 0 Å². The Morgan fingerprint density at radius 1 is 1.00 bits per heavy atom. The standard InChI is InChI=1S/C25H27N5O4/c1-15-5-10-20(33-4)12-22(15)30-14-21(13-23(30)31)34-25(32)29-19-8-6-18(7-9-19)28-24-26-16(2)11-17(3)27-24/h5-12,21H,13-14H2,1-4H3,(H,29,32)(H,26,27,28). The molecule has 0 saturated carbocycles. The molecule has 2 aromatic carbocycles. The monoisotopic (exact) mass is 461 g/mol. The molecule has 1 atom stereocenters. The van der Waals surface area contributed by atoms with Gasteiger partial charge in [-0.05, 0) is 62.7 Å². The highest BCUT2D eigenvalue weighted by molar-refractivity contribution is 5.97. The summed E-state index contributed by atoms with van der Waals surface area (Å²) in [4.78, 5) is 35.3. The number of carbonyl (C=O) groups excluding carboxylic acids is 2. The van der Waals surface area contributed by atoms with Crippen molar-refractivity contribution in [3.8, 4) is 5.75 Å². The molecule has 9 nitrogen and oxygen atoms in total. The molecule has 34 heavy (non-hydrogen) atoms. The largest absolute Gasteiger partial charge is 0.497 e. The smallest absolute Gasteiger partial charge is 0.411 e. The summed E-state index contributed by atoms with van der Waals surface area (Å²) in [5.41, 5.74) is 4.81. The zero-order valence-electron chi connectivity index (χ0n) is 19.6. The molecular weight excluding hydrogens is 434 g/mol. The minimum Gasteiger partial charge on any atom is -0.497 e. The van der Waals surface area contributed by atoms with Crippen molar-refractivity contribution in [2.24, 2.45) is 0 Å². The molecule has 9 heteroatoms. The molecule has 3 aromatic rings. The predicted octanol–water partition coefficient (Wildman–Crippen LogP) is 4.51. The van der Waals surface area contributed by atoms with E-state index in [4.69, 9.17) is 9.47 Å². The van der Waals surface area contributed by atoms with Crippen molar-refractivity contribution >= 4 is 35.0 Å². The number of anilines is 4. The highest BCUT2D eigenvalue weighted by atomic mass is 16.6. The average molecular weight is 462 g/mol. The summed E-state index contributed by atoms with van der Waals surface area (Å²) in [5, 5.41) is 5.85. The number of nitrogens with zero attached hydrogens (tertiary/aromatic N) is 3. The lowest BCUT2D eigenvalue weighted by molar-refractivity contribution is -0.117. The molecular formula is C25H27N5O4. The first kappa shape index (κ1) is 23.0. The fourth-order valence-corrected chi connectivity index (χ4v) is 3.84. The highest BCUT2D eigenvalue weighted by Gasteiger charge is 2.34. The van der Waals surface area contributed by atoms with E-state index < -0.39 is 12.2 Å². The molecule has 4 rings (SSSR count). The Bertz CT molecular complexity index is 1190. The van der Waals surface area contributed by atoms with Gasteiger partial charge in [0, 0.05) is 28.8 Å². The van der Waals surface area contributed by atoms with Gasteiger partial charge < -0.3 is 19.7 Å². The normalized spacial score (nSPS) is 15.2. The number of amides is 2. The summed E-state index contributed by atoms with van der Waals surface area (Å²) in [6, 6.07) is 14.6. The summed E-state index contributed by atoms with van der Waals surface area (Å²) < 4.78 is 10.8. The van der Waals surface area contributed by atoms with Crippen LogP contribution in [0.1, 0.15) is 23.4 Å². The third-order valence-electron chi connectivity index (χ3n) is 5.44. The maximum Gasteiger partial charge on any atom is 0.411 e. The molecule has 2 amide bonds. The van der Waals surface area contributed by atoms with Crippen molar-refractivity contribution in [1.29, 1.82) is 0 Å². The quantitative estimate of drug-likeness (QED) is 0.556. The summed E-state index contributed by atoms with van der Waals surface area (Å²) >= 11 is 0. The van der Waals surface area contributed by atoms with E-state index in [9.17, 15) is 9.59 Å². The number of benzene rings is 2. The Hall–Kier alpha value is -4.14. The number of aromatic nitrogens is 2. The first-order valence-corrected chi connectivity index (χ1v) is 10.9. The van der Waals surface area contributed by atoms with Gasteiger partial charge in [0.1, 0.15) is 11.9 Å². The summed E-state index contributed by atoms with van der Waals surface area (Å²) in [7, 11) is 1.58. The molecule has 2 heterocycles. The summed E-state index contributed by atoms with van der Waals surface area (Å²) in [6.45, 7) is 6.04. The lowest BCUT2D eigenvalue weighted by Crippen LogP contribution is -2.28. The molecule has 1 aliphatic heterocycles. The van der Waals surface area contributed by atoms with E-state index in [1.807, 2.05) is 57.2 Å². The van der Waals surface area contributed by atoms with Gasteiger partial charge in [0.15, 0.2) is 0 Å². The van der Waals surface area contributed by atoms with Crippen molar-refractivity contribution in [3.05, 3.63) is 65.5 Å². The zero-order chi connectivity index (χ0) is 24.2. The molecule has 1 saturated heterocycles. The van der Waals surface area contributed by atoms with Crippen molar-refractivity contribution in [3.63, 3.8) is 0 Å². The van der Waals surface area contributed by atoms with Gasteiger partial charge in [-0.3, -0.25) is 10.1 Å². The average Bonchev–Trinajstić information content (AvgIpc) is 3.14. The van der Waals surface area contributed by atoms with Gasteiger partial charge in [0.2, 0.25) is 11.9 Å². The van der Waals surface area contributed by atoms with Crippen LogP contribution in [0.2, 0.25) is 0 Å². The van der Waals surface area contributed by atoms with Crippen LogP contribution in [0.5, 0.6) is 5.75 Å². The molecule has 176 valence electrons. The molecule has 2 N–H and O–H groups in total. The van der Waals surface area contributed by atoms with Crippen LogP contribution in [-0.2, 0) is 9.53 Å². The van der Waals surface area contributed by atoms with E-state index in [-0.39, 0.29) is 12.3 Å². The van der Waals surface area contributed by atoms with Gasteiger partial charge in [-0.25, -0.2) is 14.8 Å². The number of aryl methyl sites for hydroxylation is 3. The first-order valence-electron chi connectivity index (χ1n) is 10.9. The maximum atomic E-state index is 12.6. The van der Waals surface area contributed by atoms with Crippen LogP contribution in [0.25, 0.3) is 0 Å². The van der Waals surface area contributed by atoms with Crippen molar-refractivity contribution in [1.82, 2.24) is 9.97 Å². The lowest BCUT2D eigenvalue weighted by Gasteiger charge is -2.20. The van der Waals surface area contributed by atoms with E-state index in [0.717, 1.165) is 28.3 Å². The molecule has 1 aromatic heterocycles. The minimum atomic E-state index is -0.611. The number of ether oxygens (including phenoxy) is 2. The van der Waals surface area contributed by atoms with Crippen LogP contribution < -0.4 is 20.3 Å². The van der Waals surface area contributed by atoms with Gasteiger partial charge in [0.05, 0.1) is 25.8 Å². The number of carbonyl (C=O) groups is 2. The van der Waals surface area contributed by atoms with E-state index in [0.29, 0.717) is 23.9 Å². The second-order valence-corrected chi connectivity index (χ2v) is 8.19. The molecule has 0 bridgehead atoms. The van der Waals surface area contributed by atoms with Crippen molar-refractivity contribution < 1.29 is 19.1 Å². The van der Waals surface area contributed by atoms with Crippen LogP contribution in [0.4, 0.5) is 27.8 Å². The minimum absolute atomic E-state index is 0.0989. The third kappa shape index (κ3) is 5.43. The predicted molar refractivity (Wildman–Crippen MR) is 130 cm³/mol. The van der Waals surface area contributed by atoms with Crippen LogP contribution in [0.15, 0.2) is 48.5 Å². The van der Waals surface area contributed by atoms with E-state index in [2.05, 4.69) is 20.6 Å². The Morgan fingerprint density at radius 3 is 2.35 bits per heavy atom. The first-order chi connectivity index (χ1) is 16.3. The fraction of sp³-hybridized carbons (Fsp3) is 0.280. The molecule has 1 fully saturated rings. The summed E-state index contributed by atoms with van der Waals surface area (Å²) in [6.07, 6.45) is -1.02. The highest BCUT2D eigenvalue weighted by Crippen LogP contribution is 2.30. The number of hydrogen-bond acceptors (Lipinski definition) is 7. The number of methoxy groups -OCH3 is 1. The van der Waals surface area contributed by atoms with Crippen LogP contribution in [-0.4, -0.2) is 41.7 Å². The zero-order valence-corrected chi connectivity index (χ0v) is 19.6. The van der Waals surface area contributed by atoms with Gasteiger partial charge in [-0.1, -0.05) is 6.07 Å². The van der Waals surface area contributed by atoms with E-state index in [1.165, 1.54) is 0 Å². The lowest BCUT2D eigenvalue weighted by atomic mass is 10.1. The molecule has 1 aliphatic rings. The number of rotatable bonds is 6. The molecule has 0 radical (unpaired) electrons. The SMILES string of the molecule is COc1ccc(C)c(N2CC(OC(=O)Nc3ccc(Nc4nc(C)cc(C)n4)cc3)CC2=O)c1. The Kier molecular flexibility index (Phi) is 6.62. The van der Waals surface area contributed by atoms with Crippen molar-refractivity contribution in [2.45, 2.75) is 33.3 Å². The fourth-order valence-electron chi connectivity index (χ4n) is 3.84. The van der Waals surface area contributed by atoms with Gasteiger partial charge in [-0.2, -0.15) is 0 Å². The second kappa shape index (κ2) is 9.78. The Morgan fingerprint density at radius 2 is 1.68 bits per heavy atom. The van der Waals surface area contributed by atoms with Crippen LogP contribution in [0, 0.1) is 20.8 Å². The van der Waals surface area contributed by atoms with Crippen LogP contribution in [0.3, 0.4) is 0 Å². The molecule has 1 unspecified atom stereocenters. The van der Waals surface area contributed by atoms with E-state index in [1.54, 1.807) is 24.1 Å². The van der Waals surface area contributed by atoms with Gasteiger partial charge in [-0.15, -0.1) is 0 Å². The molecule has 0 spiro atoms. The van der Waals surface area contributed by atoms with Crippen molar-refractivity contribution in [2.75, 3.05) is 29.2 Å². The Balaban J connectivity index is 1.33. The maximum absolute atomic E-state index is 12.6. The Labute approximate surface area is 198 Å². The topological polar surface area (TPSA) is 106 Å². The number of hydrogen-bond donors (Lipinski definition) is 2. The second-order valence-electron chi connectivity index (χ2n) is 8.19. The van der Waals surface area contributed by atoms with Crippen LogP contribution >= 0.6 is 0 Å².